The Kier molecular flexibility index (Phi) is 3.16. The molecule has 118 valence electrons. The molecule has 0 saturated heterocycles. The fourth-order valence-electron chi connectivity index (χ4n) is 2.97. The molecule has 0 spiro atoms. The zero-order valence-electron chi connectivity index (χ0n) is 12.8. The lowest BCUT2D eigenvalue weighted by atomic mass is 10.1. The van der Waals surface area contributed by atoms with Crippen LogP contribution in [0.1, 0.15) is 0 Å². The second-order valence-electron chi connectivity index (χ2n) is 5.39. The van der Waals surface area contributed by atoms with Gasteiger partial charge in [0, 0.05) is 40.2 Å². The maximum absolute atomic E-state index is 11.0. The van der Waals surface area contributed by atoms with Crippen LogP contribution in [-0.4, -0.2) is 22.0 Å². The first-order chi connectivity index (χ1) is 11.7. The van der Waals surface area contributed by atoms with Gasteiger partial charge in [-0.3, -0.25) is 15.1 Å². The summed E-state index contributed by atoms with van der Waals surface area (Å²) in [5.41, 5.74) is 3.35. The Bertz CT molecular complexity index is 1090. The molecule has 1 N–H and O–H groups in total. The summed E-state index contributed by atoms with van der Waals surface area (Å²) in [6.45, 7) is 0. The number of nitrogens with one attached hydrogen (secondary N) is 1. The highest BCUT2D eigenvalue weighted by Gasteiger charge is 2.15. The smallest absolute Gasteiger partial charge is 0.270 e. The van der Waals surface area contributed by atoms with Gasteiger partial charge in [0.1, 0.15) is 5.75 Å². The lowest BCUT2D eigenvalue weighted by Gasteiger charge is -2.08. The summed E-state index contributed by atoms with van der Waals surface area (Å²) in [5, 5.41) is 12.7. The SMILES string of the molecule is COc1ccccc1-c1nccc2c1[nH]c1ccc([N+](=O)[O-])cc12. The molecular weight excluding hydrogens is 306 g/mol. The van der Waals surface area contributed by atoms with Gasteiger partial charge in [-0.2, -0.15) is 0 Å². The quantitative estimate of drug-likeness (QED) is 0.451. The van der Waals surface area contributed by atoms with E-state index in [0.29, 0.717) is 0 Å². The molecule has 0 radical (unpaired) electrons. The summed E-state index contributed by atoms with van der Waals surface area (Å²) >= 11 is 0. The first-order valence-corrected chi connectivity index (χ1v) is 7.37. The molecule has 4 rings (SSSR count). The first kappa shape index (κ1) is 14.2. The number of rotatable bonds is 3. The van der Waals surface area contributed by atoms with Crippen LogP contribution in [0, 0.1) is 10.1 Å². The lowest BCUT2D eigenvalue weighted by molar-refractivity contribution is -0.384. The molecule has 6 heteroatoms. The molecule has 0 aliphatic carbocycles. The van der Waals surface area contributed by atoms with E-state index < -0.39 is 0 Å². The number of H-pyrrole nitrogens is 1. The van der Waals surface area contributed by atoms with Crippen LogP contribution in [0.4, 0.5) is 5.69 Å². The van der Waals surface area contributed by atoms with Crippen molar-refractivity contribution in [1.29, 1.82) is 0 Å². The second-order valence-corrected chi connectivity index (χ2v) is 5.39. The molecule has 0 atom stereocenters. The number of nitro benzene ring substituents is 1. The van der Waals surface area contributed by atoms with E-state index in [2.05, 4.69) is 9.97 Å². The molecule has 4 aromatic rings. The van der Waals surface area contributed by atoms with Crippen molar-refractivity contribution in [1.82, 2.24) is 9.97 Å². The molecule has 0 saturated carbocycles. The van der Waals surface area contributed by atoms with E-state index in [1.807, 2.05) is 30.3 Å². The molecule has 2 aromatic heterocycles. The summed E-state index contributed by atoms with van der Waals surface area (Å²) in [7, 11) is 1.62. The van der Waals surface area contributed by atoms with Crippen LogP contribution in [0.15, 0.2) is 54.7 Å². The fraction of sp³-hybridized carbons (Fsp3) is 0.0556. The minimum absolute atomic E-state index is 0.0686. The largest absolute Gasteiger partial charge is 0.496 e. The van der Waals surface area contributed by atoms with Crippen LogP contribution in [0.2, 0.25) is 0 Å². The average molecular weight is 319 g/mol. The third-order valence-electron chi connectivity index (χ3n) is 4.08. The summed E-state index contributed by atoms with van der Waals surface area (Å²) < 4.78 is 5.43. The maximum Gasteiger partial charge on any atom is 0.270 e. The van der Waals surface area contributed by atoms with E-state index in [1.54, 1.807) is 25.4 Å². The van der Waals surface area contributed by atoms with Gasteiger partial charge in [-0.1, -0.05) is 12.1 Å². The third-order valence-corrected chi connectivity index (χ3v) is 4.08. The highest BCUT2D eigenvalue weighted by atomic mass is 16.6. The van der Waals surface area contributed by atoms with Gasteiger partial charge in [-0.25, -0.2) is 0 Å². The van der Waals surface area contributed by atoms with Gasteiger partial charge in [0.2, 0.25) is 0 Å². The minimum atomic E-state index is -0.388. The van der Waals surface area contributed by atoms with Crippen molar-refractivity contribution in [2.75, 3.05) is 7.11 Å². The van der Waals surface area contributed by atoms with Crippen molar-refractivity contribution < 1.29 is 9.66 Å². The van der Waals surface area contributed by atoms with Gasteiger partial charge < -0.3 is 9.72 Å². The zero-order chi connectivity index (χ0) is 16.7. The van der Waals surface area contributed by atoms with Gasteiger partial charge in [0.05, 0.1) is 23.2 Å². The Hall–Kier alpha value is -3.41. The topological polar surface area (TPSA) is 81.0 Å². The molecule has 0 aliphatic heterocycles. The normalized spacial score (nSPS) is 11.0. The van der Waals surface area contributed by atoms with Crippen LogP contribution in [0.25, 0.3) is 33.1 Å². The average Bonchev–Trinajstić information content (AvgIpc) is 2.99. The molecule has 0 amide bonds. The monoisotopic (exact) mass is 319 g/mol. The van der Waals surface area contributed by atoms with Crippen LogP contribution in [0.3, 0.4) is 0 Å². The first-order valence-electron chi connectivity index (χ1n) is 7.37. The van der Waals surface area contributed by atoms with Gasteiger partial charge in [-0.05, 0) is 24.3 Å². The number of hydrogen-bond donors (Lipinski definition) is 1. The number of benzene rings is 2. The van der Waals surface area contributed by atoms with Crippen molar-refractivity contribution >= 4 is 27.5 Å². The predicted octanol–water partition coefficient (Wildman–Crippen LogP) is 4.30. The molecule has 0 fully saturated rings. The van der Waals surface area contributed by atoms with E-state index in [0.717, 1.165) is 38.8 Å². The highest BCUT2D eigenvalue weighted by molar-refractivity contribution is 6.11. The Balaban J connectivity index is 2.05. The van der Waals surface area contributed by atoms with Crippen LogP contribution in [-0.2, 0) is 0 Å². The van der Waals surface area contributed by atoms with E-state index in [1.165, 1.54) is 6.07 Å². The van der Waals surface area contributed by atoms with Crippen LogP contribution < -0.4 is 4.74 Å². The standard InChI is InChI=1S/C18H13N3O3/c1-24-16-5-3-2-4-13(16)17-18-12(8-9-19-17)14-10-11(21(22)23)6-7-15(14)20-18/h2-10,20H,1H3. The van der Waals surface area contributed by atoms with Crippen molar-refractivity contribution in [3.05, 3.63) is 64.8 Å². The summed E-state index contributed by atoms with van der Waals surface area (Å²) in [4.78, 5) is 18.5. The van der Waals surface area contributed by atoms with Gasteiger partial charge in [0.15, 0.2) is 0 Å². The van der Waals surface area contributed by atoms with Crippen molar-refractivity contribution in [2.45, 2.75) is 0 Å². The summed E-state index contributed by atoms with van der Waals surface area (Å²) in [5.74, 6) is 0.724. The second kappa shape index (κ2) is 5.34. The minimum Gasteiger partial charge on any atom is -0.496 e. The Morgan fingerprint density at radius 3 is 2.75 bits per heavy atom. The Labute approximate surface area is 136 Å². The van der Waals surface area contributed by atoms with Crippen LogP contribution >= 0.6 is 0 Å². The number of nitrogens with zero attached hydrogens (tertiary/aromatic N) is 2. The number of non-ortho nitro benzene ring substituents is 1. The van der Waals surface area contributed by atoms with E-state index in [-0.39, 0.29) is 10.6 Å². The number of hydrogen-bond acceptors (Lipinski definition) is 4. The number of aromatic nitrogens is 2. The fourth-order valence-corrected chi connectivity index (χ4v) is 2.97. The molecule has 2 aromatic carbocycles. The predicted molar refractivity (Wildman–Crippen MR) is 92.2 cm³/mol. The molecule has 0 bridgehead atoms. The van der Waals surface area contributed by atoms with Gasteiger partial charge in [-0.15, -0.1) is 0 Å². The number of para-hydroxylation sites is 1. The Morgan fingerprint density at radius 1 is 1.12 bits per heavy atom. The molecule has 0 aliphatic rings. The number of pyridine rings is 1. The lowest BCUT2D eigenvalue weighted by Crippen LogP contribution is -1.90. The number of methoxy groups -OCH3 is 1. The number of ether oxygens (including phenoxy) is 1. The number of aromatic amines is 1. The van der Waals surface area contributed by atoms with Gasteiger partial charge in [0.25, 0.3) is 5.69 Å². The number of fused-ring (bicyclic) bond motifs is 3. The molecule has 2 heterocycles. The van der Waals surface area contributed by atoms with Crippen LogP contribution in [0.5, 0.6) is 5.75 Å². The van der Waals surface area contributed by atoms with Crippen molar-refractivity contribution in [2.24, 2.45) is 0 Å². The number of nitro groups is 1. The molecule has 24 heavy (non-hydrogen) atoms. The van der Waals surface area contributed by atoms with Gasteiger partial charge >= 0.3 is 0 Å². The molecular formula is C18H13N3O3. The molecule has 6 nitrogen and oxygen atoms in total. The Morgan fingerprint density at radius 2 is 1.96 bits per heavy atom. The summed E-state index contributed by atoms with van der Waals surface area (Å²) in [6, 6.07) is 14.3. The zero-order valence-corrected chi connectivity index (χ0v) is 12.8. The van der Waals surface area contributed by atoms with E-state index >= 15 is 0 Å². The van der Waals surface area contributed by atoms with Crippen molar-refractivity contribution in [3.8, 4) is 17.0 Å². The highest BCUT2D eigenvalue weighted by Crippen LogP contribution is 2.36. The maximum atomic E-state index is 11.0. The summed E-state index contributed by atoms with van der Waals surface area (Å²) in [6.07, 6.45) is 1.70. The van der Waals surface area contributed by atoms with Crippen molar-refractivity contribution in [3.63, 3.8) is 0 Å². The van der Waals surface area contributed by atoms with E-state index in [9.17, 15) is 10.1 Å². The van der Waals surface area contributed by atoms with E-state index in [4.69, 9.17) is 4.74 Å². The molecule has 0 unspecified atom stereocenters. The third kappa shape index (κ3) is 2.08.